The van der Waals surface area contributed by atoms with Gasteiger partial charge in [0.15, 0.2) is 0 Å². The smallest absolute Gasteiger partial charge is 0.248 e. The minimum Gasteiger partial charge on any atom is -0.508 e. The van der Waals surface area contributed by atoms with Crippen molar-refractivity contribution >= 4 is 53.1 Å². The molecule has 0 aromatic heterocycles. The number of fused-ring (bicyclic) bond motifs is 2. The lowest BCUT2D eigenvalue weighted by Crippen LogP contribution is -2.62. The van der Waals surface area contributed by atoms with E-state index >= 15 is 0 Å². The Morgan fingerprint density at radius 1 is 0.744 bits per heavy atom. The third-order valence-corrected chi connectivity index (χ3v) is 17.0. The van der Waals surface area contributed by atoms with E-state index in [1.165, 1.54) is 48.9 Å². The van der Waals surface area contributed by atoms with Crippen LogP contribution in [-0.4, -0.2) is 195 Å². The number of amides is 7. The highest BCUT2D eigenvalue weighted by Crippen LogP contribution is 2.34. The molecule has 3 saturated heterocycles. The van der Waals surface area contributed by atoms with Gasteiger partial charge in [-0.1, -0.05) is 102 Å². The minimum atomic E-state index is -2.05. The predicted octanol–water partition coefficient (Wildman–Crippen LogP) is 0.0278. The highest BCUT2D eigenvalue weighted by Gasteiger charge is 2.48. The Labute approximate surface area is 483 Å². The number of phenolic OH excluding ortho intramolecular Hbond substituents is 2. The maximum absolute atomic E-state index is 14.6. The van der Waals surface area contributed by atoms with Gasteiger partial charge in [0.25, 0.3) is 0 Å². The molecule has 5 rings (SSSR count). The maximum Gasteiger partial charge on any atom is 0.248 e. The Balaban J connectivity index is 1.52. The molecule has 7 amide bonds. The molecule has 2 aromatic carbocycles. The summed E-state index contributed by atoms with van der Waals surface area (Å²) >= 11 is 0.722. The number of nitrogens with zero attached hydrogens (tertiary/aromatic N) is 2. The number of rotatable bonds is 22. The number of aliphatic hydroxyl groups is 7. The molecule has 2 aromatic rings. The van der Waals surface area contributed by atoms with E-state index in [0.29, 0.717) is 24.7 Å². The molecule has 458 valence electrons. The fourth-order valence-electron chi connectivity index (χ4n) is 10.8. The highest BCUT2D eigenvalue weighted by molar-refractivity contribution is 8.00. The number of unbranched alkanes of at least 4 members (excludes halogenated alkanes) is 5. The average molecular weight is 1170 g/mol. The summed E-state index contributed by atoms with van der Waals surface area (Å²) in [4.78, 5) is 103. The molecule has 25 heteroatoms. The van der Waals surface area contributed by atoms with E-state index in [-0.39, 0.29) is 54.3 Å². The summed E-state index contributed by atoms with van der Waals surface area (Å²) in [5.41, 5.74) is 5.80. The molecule has 0 radical (unpaired) electrons. The van der Waals surface area contributed by atoms with Crippen molar-refractivity contribution in [3.63, 3.8) is 0 Å². The molecular formula is C57H88N8O16S. The number of thioether (sulfide) groups is 1. The number of hydrogen-bond acceptors (Lipinski definition) is 18. The quantitative estimate of drug-likeness (QED) is 0.0692. The van der Waals surface area contributed by atoms with Crippen molar-refractivity contribution in [2.24, 2.45) is 17.6 Å². The van der Waals surface area contributed by atoms with E-state index in [1.807, 2.05) is 0 Å². The van der Waals surface area contributed by atoms with Crippen LogP contribution in [0, 0.1) is 11.8 Å². The van der Waals surface area contributed by atoms with Crippen LogP contribution in [0.15, 0.2) is 53.4 Å². The number of aromatic hydroxyl groups is 2. The van der Waals surface area contributed by atoms with Gasteiger partial charge in [0.05, 0.1) is 41.5 Å². The minimum absolute atomic E-state index is 0.0203. The van der Waals surface area contributed by atoms with Gasteiger partial charge >= 0.3 is 0 Å². The average Bonchev–Trinajstić information content (AvgIpc) is 4.26. The molecule has 0 aliphatic carbocycles. The van der Waals surface area contributed by atoms with Crippen molar-refractivity contribution in [3.8, 4) is 11.5 Å². The summed E-state index contributed by atoms with van der Waals surface area (Å²) in [5, 5.41) is 112. The van der Waals surface area contributed by atoms with Gasteiger partial charge in [0.1, 0.15) is 59.3 Å². The van der Waals surface area contributed by atoms with Crippen molar-refractivity contribution in [2.45, 2.75) is 213 Å². The Bertz CT molecular complexity index is 2430. The van der Waals surface area contributed by atoms with E-state index in [1.54, 1.807) is 6.07 Å². The third-order valence-electron chi connectivity index (χ3n) is 15.7. The summed E-state index contributed by atoms with van der Waals surface area (Å²) in [6.07, 6.45) is -6.13. The molecule has 3 heterocycles. The van der Waals surface area contributed by atoms with Crippen LogP contribution in [0.1, 0.15) is 136 Å². The van der Waals surface area contributed by atoms with Gasteiger partial charge in [0.2, 0.25) is 41.4 Å². The van der Waals surface area contributed by atoms with Crippen molar-refractivity contribution in [1.82, 2.24) is 36.4 Å². The first-order chi connectivity index (χ1) is 38.9. The van der Waals surface area contributed by atoms with Crippen LogP contribution < -0.4 is 32.3 Å². The van der Waals surface area contributed by atoms with Crippen LogP contribution in [0.4, 0.5) is 0 Å². The number of para-hydroxylation sites is 1. The van der Waals surface area contributed by atoms with Crippen LogP contribution in [0.3, 0.4) is 0 Å². The van der Waals surface area contributed by atoms with Gasteiger partial charge in [-0.3, -0.25) is 33.6 Å². The first-order valence-corrected chi connectivity index (χ1v) is 29.6. The summed E-state index contributed by atoms with van der Waals surface area (Å²) < 4.78 is 0. The zero-order valence-electron chi connectivity index (χ0n) is 47.3. The Morgan fingerprint density at radius 3 is 2.06 bits per heavy atom. The second-order valence-electron chi connectivity index (χ2n) is 22.4. The second-order valence-corrected chi connectivity index (χ2v) is 23.6. The largest absolute Gasteiger partial charge is 0.508 e. The van der Waals surface area contributed by atoms with Crippen LogP contribution in [0.2, 0.25) is 0 Å². The van der Waals surface area contributed by atoms with Gasteiger partial charge < -0.3 is 88.1 Å². The first-order valence-electron chi connectivity index (χ1n) is 28.7. The molecule has 3 aliphatic heterocycles. The Kier molecular flexibility index (Phi) is 26.6. The summed E-state index contributed by atoms with van der Waals surface area (Å²) in [6, 6.07) is 0.215. The van der Waals surface area contributed by atoms with Crippen LogP contribution in [-0.2, 0) is 33.6 Å². The Morgan fingerprint density at radius 2 is 1.40 bits per heavy atom. The SMILES string of the molecule is CCC(C)CC(C)CCCCCCCCC(=O)NC1CC(O)C(Sc2ccccc2O)NC(=O)C2C(O)CCN2C(=O)C(C(O)CCN)NC(=O)CC(C(O)C(O)c2ccc(O)cc2)NC(=O)C2CC(O)CN2C(=O)C(C(C)O)NC1=O. The van der Waals surface area contributed by atoms with Gasteiger partial charge in [-0.15, -0.1) is 0 Å². The fourth-order valence-corrected chi connectivity index (χ4v) is 11.9. The van der Waals surface area contributed by atoms with Gasteiger partial charge in [-0.2, -0.15) is 0 Å². The number of aliphatic hydroxyl groups excluding tert-OH is 7. The van der Waals surface area contributed by atoms with Crippen molar-refractivity contribution < 1.29 is 79.5 Å². The number of benzene rings is 2. The maximum atomic E-state index is 14.6. The lowest BCUT2D eigenvalue weighted by molar-refractivity contribution is -0.146. The van der Waals surface area contributed by atoms with Gasteiger partial charge in [-0.05, 0) is 80.8 Å². The van der Waals surface area contributed by atoms with E-state index in [4.69, 9.17) is 5.73 Å². The molecule has 16 N–H and O–H groups in total. The zero-order valence-corrected chi connectivity index (χ0v) is 48.2. The van der Waals surface area contributed by atoms with Crippen molar-refractivity contribution in [1.29, 1.82) is 0 Å². The third kappa shape index (κ3) is 19.2. The molecule has 3 fully saturated rings. The number of nitrogens with two attached hydrogens (primary N) is 1. The lowest BCUT2D eigenvalue weighted by atomic mass is 9.91. The van der Waals surface area contributed by atoms with Crippen molar-refractivity contribution in [3.05, 3.63) is 54.1 Å². The summed E-state index contributed by atoms with van der Waals surface area (Å²) in [7, 11) is 0. The lowest BCUT2D eigenvalue weighted by Gasteiger charge is -2.35. The first kappa shape index (κ1) is 67.2. The van der Waals surface area contributed by atoms with Crippen LogP contribution in [0.25, 0.3) is 0 Å². The standard InChI is InChI=1S/C57H88N8O16S/c1-5-31(2)26-32(3)14-10-8-6-7-9-11-17-45(73)59-38-28-43(72)55(82-44-16-13-12-15-40(44)69)63-54(79)49-42(71)23-25-64(49)57(81)48(41(70)22-24-58)61-46(74)29-37(51(76)50(75)34-18-20-35(67)21-19-34)60-53(78)39-27-36(68)30-65(39)56(80)47(33(4)66)62-52(38)77/h12-13,15-16,18-21,31-33,36-39,41-43,47-51,55,66-72,75-76H,5-11,14,17,22-30,58H2,1-4H3,(H,59,73)(H,60,78)(H,61,74)(H,62,77)(H,63,79). The zero-order chi connectivity index (χ0) is 60.4. The number of nitrogens with one attached hydrogen (secondary N) is 5. The molecule has 24 nitrogen and oxygen atoms in total. The van der Waals surface area contributed by atoms with Gasteiger partial charge in [0, 0.05) is 38.8 Å². The van der Waals surface area contributed by atoms with E-state index in [9.17, 15) is 79.5 Å². The van der Waals surface area contributed by atoms with E-state index < -0.39 is 152 Å². The monoisotopic (exact) mass is 1170 g/mol. The normalized spacial score (nSPS) is 27.7. The number of carbonyl (C=O) groups is 7. The summed E-state index contributed by atoms with van der Waals surface area (Å²) in [6.45, 7) is 6.87. The molecule has 0 spiro atoms. The fraction of sp³-hybridized carbons (Fsp3) is 0.667. The molecule has 0 bridgehead atoms. The van der Waals surface area contributed by atoms with Crippen LogP contribution in [0.5, 0.6) is 11.5 Å². The predicted molar refractivity (Wildman–Crippen MR) is 302 cm³/mol. The molecule has 16 unspecified atom stereocenters. The number of carbonyl (C=O) groups excluding carboxylic acids is 7. The molecule has 3 aliphatic rings. The van der Waals surface area contributed by atoms with E-state index in [2.05, 4.69) is 47.4 Å². The van der Waals surface area contributed by atoms with Crippen molar-refractivity contribution in [2.75, 3.05) is 19.6 Å². The number of phenols is 2. The molecule has 82 heavy (non-hydrogen) atoms. The number of hydrogen-bond donors (Lipinski definition) is 15. The van der Waals surface area contributed by atoms with Crippen LogP contribution >= 0.6 is 11.8 Å². The summed E-state index contributed by atoms with van der Waals surface area (Å²) in [5.74, 6) is -6.29. The highest BCUT2D eigenvalue weighted by atomic mass is 32.2. The Hall–Kier alpha value is -5.64. The second kappa shape index (κ2) is 32.4. The molecular weight excluding hydrogens is 1080 g/mol. The molecule has 16 atom stereocenters. The van der Waals surface area contributed by atoms with E-state index in [0.717, 1.165) is 67.0 Å². The van der Waals surface area contributed by atoms with Gasteiger partial charge in [-0.25, -0.2) is 0 Å². The topological polar surface area (TPSA) is 394 Å². The molecule has 0 saturated carbocycles.